The van der Waals surface area contributed by atoms with Crippen LogP contribution in [0.15, 0.2) is 23.8 Å². The maximum absolute atomic E-state index is 2.34. The fourth-order valence-corrected chi connectivity index (χ4v) is 3.16. The lowest BCUT2D eigenvalue weighted by atomic mass is 9.92. The molecule has 0 radical (unpaired) electrons. The summed E-state index contributed by atoms with van der Waals surface area (Å²) >= 11 is 0. The minimum Gasteiger partial charge on any atom is -0.0620 e. The van der Waals surface area contributed by atoms with Crippen LogP contribution in [0, 0.1) is 0 Å². The van der Waals surface area contributed by atoms with E-state index in [1.54, 1.807) is 27.8 Å². The van der Waals surface area contributed by atoms with E-state index in [0.29, 0.717) is 0 Å². The van der Waals surface area contributed by atoms with Gasteiger partial charge in [-0.3, -0.25) is 0 Å². The molecule has 0 N–H and O–H groups in total. The fraction of sp³-hybridized carbons (Fsp3) is 0.467. The standard InChI is InChI=1S/C15H18/c1-2-11-7-5-9-14-13-8-4-3-6-12(13)10-15(11)14/h5,7,9H,2-4,6,8,10H2,1H3. The first-order valence-electron chi connectivity index (χ1n) is 6.22. The molecule has 0 saturated carbocycles. The van der Waals surface area contributed by atoms with Crippen molar-refractivity contribution in [2.45, 2.75) is 45.4 Å². The highest BCUT2D eigenvalue weighted by Gasteiger charge is 2.24. The Balaban J connectivity index is 2.10. The zero-order valence-corrected chi connectivity index (χ0v) is 9.47. The second kappa shape index (κ2) is 3.52. The SMILES string of the molecule is CCc1cccc2c1CC1=C2CCCC1. The average Bonchev–Trinajstić information content (AvgIpc) is 2.67. The van der Waals surface area contributed by atoms with Crippen LogP contribution in [0.2, 0.25) is 0 Å². The molecule has 0 atom stereocenters. The molecule has 1 aromatic carbocycles. The number of fused-ring (bicyclic) bond motifs is 2. The smallest absolute Gasteiger partial charge is 0.00523 e. The Hall–Kier alpha value is -1.04. The molecule has 0 heterocycles. The molecule has 0 aliphatic heterocycles. The Morgan fingerprint density at radius 1 is 1.13 bits per heavy atom. The lowest BCUT2D eigenvalue weighted by Crippen LogP contribution is -1.93. The van der Waals surface area contributed by atoms with E-state index in [1.165, 1.54) is 38.5 Å². The molecule has 3 rings (SSSR count). The summed E-state index contributed by atoms with van der Waals surface area (Å²) in [5.74, 6) is 0. The van der Waals surface area contributed by atoms with Crippen LogP contribution in [0.3, 0.4) is 0 Å². The molecule has 0 aromatic heterocycles. The molecular formula is C15H18. The van der Waals surface area contributed by atoms with Crippen LogP contribution in [0.1, 0.15) is 49.3 Å². The topological polar surface area (TPSA) is 0 Å². The molecule has 15 heavy (non-hydrogen) atoms. The summed E-state index contributed by atoms with van der Waals surface area (Å²) in [7, 11) is 0. The summed E-state index contributed by atoms with van der Waals surface area (Å²) in [6.07, 6.45) is 7.93. The van der Waals surface area contributed by atoms with Gasteiger partial charge in [0.05, 0.1) is 0 Å². The van der Waals surface area contributed by atoms with Gasteiger partial charge >= 0.3 is 0 Å². The van der Waals surface area contributed by atoms with Crippen LogP contribution in [-0.4, -0.2) is 0 Å². The molecule has 0 spiro atoms. The van der Waals surface area contributed by atoms with E-state index in [9.17, 15) is 0 Å². The first-order chi connectivity index (χ1) is 7.40. The van der Waals surface area contributed by atoms with E-state index in [4.69, 9.17) is 0 Å². The van der Waals surface area contributed by atoms with E-state index < -0.39 is 0 Å². The van der Waals surface area contributed by atoms with Crippen LogP contribution < -0.4 is 0 Å². The summed E-state index contributed by atoms with van der Waals surface area (Å²) < 4.78 is 0. The van der Waals surface area contributed by atoms with Gasteiger partial charge in [-0.25, -0.2) is 0 Å². The van der Waals surface area contributed by atoms with Crippen molar-refractivity contribution in [3.8, 4) is 0 Å². The number of rotatable bonds is 1. The van der Waals surface area contributed by atoms with Gasteiger partial charge in [0, 0.05) is 0 Å². The Bertz CT molecular complexity index is 424. The number of hydrogen-bond acceptors (Lipinski definition) is 0. The third kappa shape index (κ3) is 1.35. The van der Waals surface area contributed by atoms with Crippen LogP contribution in [0.25, 0.3) is 5.57 Å². The molecule has 78 valence electrons. The predicted molar refractivity (Wildman–Crippen MR) is 64.9 cm³/mol. The minimum absolute atomic E-state index is 1.18. The normalized spacial score (nSPS) is 19.0. The minimum atomic E-state index is 1.18. The third-order valence-electron chi connectivity index (χ3n) is 3.95. The third-order valence-corrected chi connectivity index (χ3v) is 3.95. The van der Waals surface area contributed by atoms with Gasteiger partial charge in [0.25, 0.3) is 0 Å². The van der Waals surface area contributed by atoms with Crippen molar-refractivity contribution in [2.24, 2.45) is 0 Å². The summed E-state index contributed by atoms with van der Waals surface area (Å²) in [5, 5.41) is 0. The first-order valence-corrected chi connectivity index (χ1v) is 6.22. The Kier molecular flexibility index (Phi) is 2.16. The number of hydrogen-bond donors (Lipinski definition) is 0. The molecule has 2 aliphatic carbocycles. The lowest BCUT2D eigenvalue weighted by molar-refractivity contribution is 0.710. The first kappa shape index (κ1) is 9.21. The van der Waals surface area contributed by atoms with Crippen LogP contribution in [0.5, 0.6) is 0 Å². The maximum atomic E-state index is 2.34. The number of benzene rings is 1. The summed E-state index contributed by atoms with van der Waals surface area (Å²) in [5.41, 5.74) is 8.25. The van der Waals surface area contributed by atoms with Gasteiger partial charge in [-0.05, 0) is 60.8 Å². The quantitative estimate of drug-likeness (QED) is 0.636. The highest BCUT2D eigenvalue weighted by Crippen LogP contribution is 2.42. The van der Waals surface area contributed by atoms with Gasteiger partial charge in [0.15, 0.2) is 0 Å². The zero-order chi connectivity index (χ0) is 10.3. The van der Waals surface area contributed by atoms with Gasteiger partial charge in [-0.15, -0.1) is 0 Å². The second-order valence-electron chi connectivity index (χ2n) is 4.76. The highest BCUT2D eigenvalue weighted by atomic mass is 14.3. The van der Waals surface area contributed by atoms with Crippen molar-refractivity contribution in [1.82, 2.24) is 0 Å². The molecular weight excluding hydrogens is 180 g/mol. The highest BCUT2D eigenvalue weighted by molar-refractivity contribution is 5.78. The molecule has 0 amide bonds. The van der Waals surface area contributed by atoms with Crippen molar-refractivity contribution in [3.63, 3.8) is 0 Å². The van der Waals surface area contributed by atoms with Crippen LogP contribution in [-0.2, 0) is 12.8 Å². The predicted octanol–water partition coefficient (Wildman–Crippen LogP) is 4.13. The molecule has 0 fully saturated rings. The largest absolute Gasteiger partial charge is 0.0620 e. The monoisotopic (exact) mass is 198 g/mol. The van der Waals surface area contributed by atoms with Crippen molar-refractivity contribution < 1.29 is 0 Å². The van der Waals surface area contributed by atoms with Crippen LogP contribution in [0.4, 0.5) is 0 Å². The summed E-state index contributed by atoms with van der Waals surface area (Å²) in [6.45, 7) is 2.27. The van der Waals surface area contributed by atoms with Gasteiger partial charge in [0.1, 0.15) is 0 Å². The average molecular weight is 198 g/mol. The molecule has 1 aromatic rings. The lowest BCUT2D eigenvalue weighted by Gasteiger charge is -2.13. The summed E-state index contributed by atoms with van der Waals surface area (Å²) in [4.78, 5) is 0. The van der Waals surface area contributed by atoms with Gasteiger partial charge < -0.3 is 0 Å². The Morgan fingerprint density at radius 2 is 2.00 bits per heavy atom. The van der Waals surface area contributed by atoms with Crippen molar-refractivity contribution in [1.29, 1.82) is 0 Å². The van der Waals surface area contributed by atoms with E-state index in [2.05, 4.69) is 25.1 Å². The van der Waals surface area contributed by atoms with Gasteiger partial charge in [-0.2, -0.15) is 0 Å². The molecule has 0 nitrogen and oxygen atoms in total. The zero-order valence-electron chi connectivity index (χ0n) is 9.47. The van der Waals surface area contributed by atoms with E-state index >= 15 is 0 Å². The van der Waals surface area contributed by atoms with E-state index in [1.807, 2.05) is 0 Å². The van der Waals surface area contributed by atoms with Crippen molar-refractivity contribution in [3.05, 3.63) is 40.5 Å². The second-order valence-corrected chi connectivity index (χ2v) is 4.76. The van der Waals surface area contributed by atoms with E-state index in [-0.39, 0.29) is 0 Å². The molecule has 0 unspecified atom stereocenters. The Labute approximate surface area is 92.0 Å². The van der Waals surface area contributed by atoms with Crippen molar-refractivity contribution in [2.75, 3.05) is 0 Å². The van der Waals surface area contributed by atoms with Gasteiger partial charge in [-0.1, -0.05) is 30.7 Å². The van der Waals surface area contributed by atoms with Crippen LogP contribution >= 0.6 is 0 Å². The summed E-state index contributed by atoms with van der Waals surface area (Å²) in [6, 6.07) is 6.88. The number of allylic oxidation sites excluding steroid dienone is 2. The molecule has 0 heteroatoms. The molecule has 0 bridgehead atoms. The molecule has 0 saturated heterocycles. The van der Waals surface area contributed by atoms with E-state index in [0.717, 1.165) is 0 Å². The number of aryl methyl sites for hydroxylation is 1. The Morgan fingerprint density at radius 3 is 2.87 bits per heavy atom. The fourth-order valence-electron chi connectivity index (χ4n) is 3.16. The van der Waals surface area contributed by atoms with Crippen molar-refractivity contribution >= 4 is 5.57 Å². The molecule has 2 aliphatic rings. The maximum Gasteiger partial charge on any atom is -0.00523 e. The van der Waals surface area contributed by atoms with Gasteiger partial charge in [0.2, 0.25) is 0 Å².